The van der Waals surface area contributed by atoms with Gasteiger partial charge in [-0.1, -0.05) is 140 Å². The fourth-order valence-electron chi connectivity index (χ4n) is 5.81. The van der Waals surface area contributed by atoms with Crippen molar-refractivity contribution in [2.24, 2.45) is 0 Å². The van der Waals surface area contributed by atoms with Crippen molar-refractivity contribution in [2.45, 2.75) is 0 Å². The van der Waals surface area contributed by atoms with E-state index in [1.54, 1.807) is 0 Å². The molecular weight excluding hydrogens is 504 g/mol. The van der Waals surface area contributed by atoms with Crippen LogP contribution in [0.3, 0.4) is 0 Å². The van der Waals surface area contributed by atoms with Crippen LogP contribution < -0.4 is 0 Å². The first-order valence-corrected chi connectivity index (χ1v) is 14.3. The molecular formula is C38H24OS. The van der Waals surface area contributed by atoms with E-state index in [0.717, 1.165) is 33.4 Å². The highest BCUT2D eigenvalue weighted by Gasteiger charge is 2.23. The van der Waals surface area contributed by atoms with E-state index in [1.165, 1.54) is 42.4 Å². The molecule has 0 atom stereocenters. The van der Waals surface area contributed by atoms with Crippen molar-refractivity contribution in [2.75, 3.05) is 0 Å². The highest BCUT2D eigenvalue weighted by atomic mass is 32.1. The Balaban J connectivity index is 1.40. The number of thiophene rings is 1. The quantitative estimate of drug-likeness (QED) is 0.221. The summed E-state index contributed by atoms with van der Waals surface area (Å²) in [5.74, 6) is 1.83. The summed E-state index contributed by atoms with van der Waals surface area (Å²) in [5, 5.41) is 4.81. The van der Waals surface area contributed by atoms with Gasteiger partial charge < -0.3 is 4.42 Å². The van der Waals surface area contributed by atoms with Crippen LogP contribution in [0.25, 0.3) is 75.8 Å². The van der Waals surface area contributed by atoms with Gasteiger partial charge in [-0.05, 0) is 28.3 Å². The normalized spacial score (nSPS) is 11.5. The lowest BCUT2D eigenvalue weighted by atomic mass is 9.94. The SMILES string of the molecule is c1ccc(-c2ccc(-c3oc(-c4c(-c5ccccc5)ccc5c4sc4ccccc45)c4ccccc34)cc2)cc1. The Kier molecular flexibility index (Phi) is 5.39. The van der Waals surface area contributed by atoms with E-state index in [9.17, 15) is 0 Å². The van der Waals surface area contributed by atoms with E-state index in [-0.39, 0.29) is 0 Å². The maximum Gasteiger partial charge on any atom is 0.144 e. The van der Waals surface area contributed by atoms with Gasteiger partial charge in [0.25, 0.3) is 0 Å². The lowest BCUT2D eigenvalue weighted by Crippen LogP contribution is -1.85. The molecule has 1 nitrogen and oxygen atoms in total. The van der Waals surface area contributed by atoms with Crippen molar-refractivity contribution in [3.05, 3.63) is 146 Å². The number of furan rings is 1. The second-order valence-electron chi connectivity index (χ2n) is 10.1. The van der Waals surface area contributed by atoms with E-state index in [4.69, 9.17) is 4.42 Å². The first kappa shape index (κ1) is 23.0. The zero-order valence-corrected chi connectivity index (χ0v) is 22.5. The molecule has 6 aromatic carbocycles. The van der Waals surface area contributed by atoms with Crippen molar-refractivity contribution in [1.82, 2.24) is 0 Å². The molecule has 0 radical (unpaired) electrons. The second-order valence-corrected chi connectivity index (χ2v) is 11.1. The van der Waals surface area contributed by atoms with Gasteiger partial charge in [-0.3, -0.25) is 0 Å². The van der Waals surface area contributed by atoms with Crippen LogP contribution in [-0.2, 0) is 0 Å². The van der Waals surface area contributed by atoms with Crippen molar-refractivity contribution in [1.29, 1.82) is 0 Å². The van der Waals surface area contributed by atoms with Crippen LogP contribution in [0.1, 0.15) is 0 Å². The number of hydrogen-bond donors (Lipinski definition) is 0. The molecule has 188 valence electrons. The van der Waals surface area contributed by atoms with E-state index >= 15 is 0 Å². The molecule has 0 spiro atoms. The molecule has 0 bridgehead atoms. The number of rotatable bonds is 4. The van der Waals surface area contributed by atoms with E-state index in [0.29, 0.717) is 0 Å². The fraction of sp³-hybridized carbons (Fsp3) is 0. The maximum atomic E-state index is 6.96. The minimum Gasteiger partial charge on any atom is -0.455 e. The maximum absolute atomic E-state index is 6.96. The Hall–Kier alpha value is -4.92. The van der Waals surface area contributed by atoms with Gasteiger partial charge in [0, 0.05) is 42.1 Å². The molecule has 8 aromatic rings. The smallest absolute Gasteiger partial charge is 0.144 e. The van der Waals surface area contributed by atoms with E-state index in [2.05, 4.69) is 146 Å². The first-order chi connectivity index (χ1) is 19.8. The number of hydrogen-bond acceptors (Lipinski definition) is 2. The summed E-state index contributed by atoms with van der Waals surface area (Å²) in [6, 6.07) is 51.7. The predicted octanol–water partition coefficient (Wildman–Crippen LogP) is 11.5. The fourth-order valence-corrected chi connectivity index (χ4v) is 7.06. The standard InChI is InChI=1S/C38H24OS/c1-3-11-25(12-4-1)26-19-21-28(22-20-26)36-31-16-7-8-17-32(31)37(39-36)35-29(27-13-5-2-6-14-27)23-24-33-30-15-9-10-18-34(30)40-38(33)35/h1-24H. The summed E-state index contributed by atoms with van der Waals surface area (Å²) < 4.78 is 9.50. The zero-order valence-electron chi connectivity index (χ0n) is 21.7. The van der Waals surface area contributed by atoms with Gasteiger partial charge in [0.05, 0.1) is 0 Å². The summed E-state index contributed by atoms with van der Waals surface area (Å²) >= 11 is 1.85. The predicted molar refractivity (Wildman–Crippen MR) is 171 cm³/mol. The topological polar surface area (TPSA) is 13.1 Å². The van der Waals surface area contributed by atoms with E-state index in [1.807, 2.05) is 11.3 Å². The van der Waals surface area contributed by atoms with Crippen LogP contribution in [0.4, 0.5) is 0 Å². The summed E-state index contributed by atoms with van der Waals surface area (Å²) in [5.41, 5.74) is 7.02. The van der Waals surface area contributed by atoms with Gasteiger partial charge in [0.1, 0.15) is 11.5 Å². The summed E-state index contributed by atoms with van der Waals surface area (Å²) in [4.78, 5) is 0. The Bertz CT molecular complexity index is 2130. The molecule has 2 aromatic heterocycles. The van der Waals surface area contributed by atoms with Gasteiger partial charge in [-0.15, -0.1) is 11.3 Å². The lowest BCUT2D eigenvalue weighted by Gasteiger charge is -2.10. The average molecular weight is 529 g/mol. The van der Waals surface area contributed by atoms with Crippen LogP contribution in [0.5, 0.6) is 0 Å². The van der Waals surface area contributed by atoms with Crippen LogP contribution >= 0.6 is 11.3 Å². The molecule has 0 unspecified atom stereocenters. The summed E-state index contributed by atoms with van der Waals surface area (Å²) in [6.45, 7) is 0. The third-order valence-corrected chi connectivity index (χ3v) is 8.94. The molecule has 0 aliphatic carbocycles. The molecule has 0 N–H and O–H groups in total. The first-order valence-electron chi connectivity index (χ1n) is 13.5. The molecule has 40 heavy (non-hydrogen) atoms. The number of fused-ring (bicyclic) bond motifs is 4. The largest absolute Gasteiger partial charge is 0.455 e. The molecule has 2 heteroatoms. The number of benzene rings is 6. The molecule has 0 aliphatic heterocycles. The van der Waals surface area contributed by atoms with Crippen LogP contribution in [0.2, 0.25) is 0 Å². The van der Waals surface area contributed by atoms with Gasteiger partial charge in [-0.25, -0.2) is 0 Å². The monoisotopic (exact) mass is 528 g/mol. The Morgan fingerprint density at radius 1 is 0.375 bits per heavy atom. The third kappa shape index (κ3) is 3.69. The van der Waals surface area contributed by atoms with Gasteiger partial charge >= 0.3 is 0 Å². The van der Waals surface area contributed by atoms with Gasteiger partial charge in [0.2, 0.25) is 0 Å². The van der Waals surface area contributed by atoms with Crippen molar-refractivity contribution >= 4 is 42.3 Å². The van der Waals surface area contributed by atoms with Crippen LogP contribution in [-0.4, -0.2) is 0 Å². The van der Waals surface area contributed by atoms with Crippen molar-refractivity contribution in [3.63, 3.8) is 0 Å². The van der Waals surface area contributed by atoms with Crippen LogP contribution in [0, 0.1) is 0 Å². The summed E-state index contributed by atoms with van der Waals surface area (Å²) in [7, 11) is 0. The van der Waals surface area contributed by atoms with Gasteiger partial charge in [-0.2, -0.15) is 0 Å². The van der Waals surface area contributed by atoms with Crippen LogP contribution in [0.15, 0.2) is 150 Å². The zero-order chi connectivity index (χ0) is 26.5. The molecule has 0 saturated heterocycles. The lowest BCUT2D eigenvalue weighted by molar-refractivity contribution is 0.603. The average Bonchev–Trinajstić information content (AvgIpc) is 3.60. The van der Waals surface area contributed by atoms with Crippen molar-refractivity contribution < 1.29 is 4.42 Å². The molecule has 8 rings (SSSR count). The molecule has 2 heterocycles. The minimum atomic E-state index is 0.905. The molecule has 0 saturated carbocycles. The third-order valence-electron chi connectivity index (χ3n) is 7.73. The Morgan fingerprint density at radius 3 is 1.65 bits per heavy atom. The molecule has 0 aliphatic rings. The minimum absolute atomic E-state index is 0.905. The van der Waals surface area contributed by atoms with Gasteiger partial charge in [0.15, 0.2) is 0 Å². The molecule has 0 fully saturated rings. The van der Waals surface area contributed by atoms with Crippen molar-refractivity contribution in [3.8, 4) is 44.9 Å². The molecule has 0 amide bonds. The van der Waals surface area contributed by atoms with E-state index < -0.39 is 0 Å². The summed E-state index contributed by atoms with van der Waals surface area (Å²) in [6.07, 6.45) is 0. The highest BCUT2D eigenvalue weighted by molar-refractivity contribution is 7.26. The highest BCUT2D eigenvalue weighted by Crippen LogP contribution is 2.49. The second kappa shape index (κ2) is 9.37. The Labute approximate surface area is 236 Å². The Morgan fingerprint density at radius 2 is 0.925 bits per heavy atom.